The van der Waals surface area contributed by atoms with E-state index in [9.17, 15) is 4.39 Å². The Bertz CT molecular complexity index is 367. The van der Waals surface area contributed by atoms with Crippen molar-refractivity contribution in [2.45, 2.75) is 52.1 Å². The van der Waals surface area contributed by atoms with Gasteiger partial charge >= 0.3 is 0 Å². The van der Waals surface area contributed by atoms with E-state index in [-0.39, 0.29) is 5.82 Å². The van der Waals surface area contributed by atoms with E-state index >= 15 is 0 Å². The largest absolute Gasteiger partial charge is 0.307 e. The monoisotopic (exact) mass is 249 g/mol. The fourth-order valence-electron chi connectivity index (χ4n) is 2.66. The van der Waals surface area contributed by atoms with E-state index in [0.29, 0.717) is 18.0 Å². The van der Waals surface area contributed by atoms with Crippen LogP contribution in [0.15, 0.2) is 24.3 Å². The molecule has 100 valence electrons. The standard InChI is InChI=1S/C16H24FN/c1-4-15(12-5-6-12)18-16(11(2)3)13-7-9-14(17)10-8-13/h7-12,15-16,18H,4-6H2,1-3H3. The van der Waals surface area contributed by atoms with Gasteiger partial charge in [-0.2, -0.15) is 0 Å². The molecule has 0 aliphatic heterocycles. The average molecular weight is 249 g/mol. The molecule has 2 rings (SSSR count). The summed E-state index contributed by atoms with van der Waals surface area (Å²) >= 11 is 0. The Labute approximate surface area is 110 Å². The van der Waals surface area contributed by atoms with Crippen molar-refractivity contribution in [2.75, 3.05) is 0 Å². The summed E-state index contributed by atoms with van der Waals surface area (Å²) in [5.74, 6) is 1.22. The molecule has 0 amide bonds. The van der Waals surface area contributed by atoms with Crippen LogP contribution in [0.4, 0.5) is 4.39 Å². The van der Waals surface area contributed by atoms with Gasteiger partial charge in [0.15, 0.2) is 0 Å². The first-order valence-electron chi connectivity index (χ1n) is 7.13. The summed E-state index contributed by atoms with van der Waals surface area (Å²) in [6.45, 7) is 6.69. The van der Waals surface area contributed by atoms with Crippen LogP contribution in [0.3, 0.4) is 0 Å². The van der Waals surface area contributed by atoms with Gasteiger partial charge in [0.25, 0.3) is 0 Å². The molecule has 1 aliphatic rings. The molecule has 18 heavy (non-hydrogen) atoms. The van der Waals surface area contributed by atoms with Crippen molar-refractivity contribution in [1.82, 2.24) is 5.32 Å². The number of benzene rings is 1. The van der Waals surface area contributed by atoms with Gasteiger partial charge in [-0.25, -0.2) is 4.39 Å². The van der Waals surface area contributed by atoms with E-state index in [1.807, 2.05) is 12.1 Å². The summed E-state index contributed by atoms with van der Waals surface area (Å²) in [5.41, 5.74) is 1.20. The van der Waals surface area contributed by atoms with E-state index in [0.717, 1.165) is 5.92 Å². The highest BCUT2D eigenvalue weighted by Crippen LogP contribution is 2.36. The van der Waals surface area contributed by atoms with Gasteiger partial charge in [0.2, 0.25) is 0 Å². The van der Waals surface area contributed by atoms with Crippen molar-refractivity contribution in [2.24, 2.45) is 11.8 Å². The van der Waals surface area contributed by atoms with E-state index in [2.05, 4.69) is 26.1 Å². The third-order valence-electron chi connectivity index (χ3n) is 3.92. The Hall–Kier alpha value is -0.890. The molecule has 2 atom stereocenters. The SMILES string of the molecule is CCC(NC(c1ccc(F)cc1)C(C)C)C1CC1. The fourth-order valence-corrected chi connectivity index (χ4v) is 2.66. The second kappa shape index (κ2) is 5.83. The maximum Gasteiger partial charge on any atom is 0.123 e. The van der Waals surface area contributed by atoms with Gasteiger partial charge in [0, 0.05) is 12.1 Å². The van der Waals surface area contributed by atoms with Gasteiger partial charge in [-0.05, 0) is 48.8 Å². The predicted octanol–water partition coefficient (Wildman–Crippen LogP) is 4.30. The Kier molecular flexibility index (Phi) is 4.39. The zero-order valence-electron chi connectivity index (χ0n) is 11.6. The topological polar surface area (TPSA) is 12.0 Å². The lowest BCUT2D eigenvalue weighted by atomic mass is 9.94. The number of hydrogen-bond acceptors (Lipinski definition) is 1. The smallest absolute Gasteiger partial charge is 0.123 e. The number of rotatable bonds is 6. The molecule has 0 radical (unpaired) electrons. The van der Waals surface area contributed by atoms with Crippen molar-refractivity contribution < 1.29 is 4.39 Å². The van der Waals surface area contributed by atoms with Crippen LogP contribution in [0, 0.1) is 17.7 Å². The molecule has 1 aromatic carbocycles. The molecule has 1 N–H and O–H groups in total. The van der Waals surface area contributed by atoms with Gasteiger partial charge in [-0.3, -0.25) is 0 Å². The molecule has 2 unspecified atom stereocenters. The Morgan fingerprint density at radius 2 is 1.83 bits per heavy atom. The zero-order chi connectivity index (χ0) is 13.1. The van der Waals surface area contributed by atoms with Crippen molar-refractivity contribution in [3.8, 4) is 0 Å². The van der Waals surface area contributed by atoms with E-state index in [1.165, 1.54) is 24.8 Å². The Morgan fingerprint density at radius 3 is 2.28 bits per heavy atom. The van der Waals surface area contributed by atoms with Gasteiger partial charge in [0.1, 0.15) is 5.82 Å². The molecule has 1 fully saturated rings. The van der Waals surface area contributed by atoms with Gasteiger partial charge in [0.05, 0.1) is 0 Å². The quantitative estimate of drug-likeness (QED) is 0.792. The summed E-state index contributed by atoms with van der Waals surface area (Å²) in [7, 11) is 0. The van der Waals surface area contributed by atoms with Crippen molar-refractivity contribution >= 4 is 0 Å². The first-order valence-corrected chi connectivity index (χ1v) is 7.13. The highest BCUT2D eigenvalue weighted by molar-refractivity contribution is 5.20. The summed E-state index contributed by atoms with van der Waals surface area (Å²) in [6.07, 6.45) is 3.90. The summed E-state index contributed by atoms with van der Waals surface area (Å²) in [4.78, 5) is 0. The van der Waals surface area contributed by atoms with Crippen molar-refractivity contribution in [1.29, 1.82) is 0 Å². The van der Waals surface area contributed by atoms with E-state index in [4.69, 9.17) is 0 Å². The number of hydrogen-bond donors (Lipinski definition) is 1. The van der Waals surface area contributed by atoms with Crippen LogP contribution in [0.5, 0.6) is 0 Å². The molecule has 1 saturated carbocycles. The van der Waals surface area contributed by atoms with Crippen molar-refractivity contribution in [3.05, 3.63) is 35.6 Å². The molecule has 1 aromatic rings. The summed E-state index contributed by atoms with van der Waals surface area (Å²) < 4.78 is 13.0. The Morgan fingerprint density at radius 1 is 1.22 bits per heavy atom. The third kappa shape index (κ3) is 3.32. The maximum absolute atomic E-state index is 13.0. The first-order chi connectivity index (χ1) is 8.61. The average Bonchev–Trinajstić information content (AvgIpc) is 3.16. The third-order valence-corrected chi connectivity index (χ3v) is 3.92. The highest BCUT2D eigenvalue weighted by Gasteiger charge is 2.32. The van der Waals surface area contributed by atoms with Crippen LogP contribution in [0.25, 0.3) is 0 Å². The van der Waals surface area contributed by atoms with E-state index < -0.39 is 0 Å². The molecule has 0 spiro atoms. The molecule has 0 bridgehead atoms. The van der Waals surface area contributed by atoms with Crippen LogP contribution in [-0.4, -0.2) is 6.04 Å². The maximum atomic E-state index is 13.0. The lowest BCUT2D eigenvalue weighted by Crippen LogP contribution is -2.36. The second-order valence-electron chi connectivity index (χ2n) is 5.79. The minimum Gasteiger partial charge on any atom is -0.307 e. The molecule has 0 aromatic heterocycles. The molecule has 2 heteroatoms. The summed E-state index contributed by atoms with van der Waals surface area (Å²) in [6, 6.07) is 7.88. The molecular formula is C16H24FN. The zero-order valence-corrected chi connectivity index (χ0v) is 11.6. The van der Waals surface area contributed by atoms with Crippen LogP contribution in [0.2, 0.25) is 0 Å². The predicted molar refractivity (Wildman–Crippen MR) is 73.9 cm³/mol. The van der Waals surface area contributed by atoms with Crippen LogP contribution >= 0.6 is 0 Å². The van der Waals surface area contributed by atoms with Gasteiger partial charge < -0.3 is 5.32 Å². The first kappa shape index (κ1) is 13.5. The summed E-state index contributed by atoms with van der Waals surface area (Å²) in [5, 5.41) is 3.78. The minimum atomic E-state index is -0.157. The molecule has 0 heterocycles. The Balaban J connectivity index is 2.09. The van der Waals surface area contributed by atoms with E-state index in [1.54, 1.807) is 12.1 Å². The minimum absolute atomic E-state index is 0.157. The lowest BCUT2D eigenvalue weighted by Gasteiger charge is -2.28. The normalized spacial score (nSPS) is 18.9. The highest BCUT2D eigenvalue weighted by atomic mass is 19.1. The van der Waals surface area contributed by atoms with Crippen LogP contribution in [0.1, 0.15) is 51.6 Å². The lowest BCUT2D eigenvalue weighted by molar-refractivity contribution is 0.331. The van der Waals surface area contributed by atoms with Crippen LogP contribution < -0.4 is 5.32 Å². The second-order valence-corrected chi connectivity index (χ2v) is 5.79. The van der Waals surface area contributed by atoms with Gasteiger partial charge in [-0.1, -0.05) is 32.9 Å². The fraction of sp³-hybridized carbons (Fsp3) is 0.625. The van der Waals surface area contributed by atoms with Crippen molar-refractivity contribution in [3.63, 3.8) is 0 Å². The molecule has 1 nitrogen and oxygen atoms in total. The molecule has 1 aliphatic carbocycles. The molecular weight excluding hydrogens is 225 g/mol. The number of halogens is 1. The van der Waals surface area contributed by atoms with Gasteiger partial charge in [-0.15, -0.1) is 0 Å². The van der Waals surface area contributed by atoms with Crippen LogP contribution in [-0.2, 0) is 0 Å². The number of nitrogens with one attached hydrogen (secondary N) is 1. The molecule has 0 saturated heterocycles.